The molecule has 2 N–H and O–H groups in total. The fourth-order valence-electron chi connectivity index (χ4n) is 3.20. The number of carboxylic acids is 1. The lowest BCUT2D eigenvalue weighted by Crippen LogP contribution is -2.46. The van der Waals surface area contributed by atoms with E-state index in [2.05, 4.69) is 12.2 Å². The lowest BCUT2D eigenvalue weighted by atomic mass is 9.81. The monoisotopic (exact) mass is 265 g/mol. The van der Waals surface area contributed by atoms with Crippen LogP contribution in [0.4, 0.5) is 0 Å². The summed E-state index contributed by atoms with van der Waals surface area (Å²) in [5, 5.41) is 12.3. The zero-order valence-electron chi connectivity index (χ0n) is 11.5. The van der Waals surface area contributed by atoms with E-state index in [1.54, 1.807) is 0 Å². The number of rotatable bonds is 3. The Morgan fingerprint density at radius 3 is 2.37 bits per heavy atom. The number of nitrogens with one attached hydrogen (secondary N) is 1. The van der Waals surface area contributed by atoms with Gasteiger partial charge in [-0.1, -0.05) is 31.9 Å². The van der Waals surface area contributed by atoms with Gasteiger partial charge in [-0.2, -0.15) is 0 Å². The van der Waals surface area contributed by atoms with Gasteiger partial charge in [0, 0.05) is 6.04 Å². The summed E-state index contributed by atoms with van der Waals surface area (Å²) in [6, 6.07) is 0.224. The summed E-state index contributed by atoms with van der Waals surface area (Å²) < 4.78 is 0. The van der Waals surface area contributed by atoms with E-state index in [4.69, 9.17) is 0 Å². The molecule has 0 radical (unpaired) electrons. The molecule has 1 saturated carbocycles. The molecule has 0 aromatic heterocycles. The molecular weight excluding hydrogens is 242 g/mol. The van der Waals surface area contributed by atoms with Crippen LogP contribution in [-0.2, 0) is 9.59 Å². The van der Waals surface area contributed by atoms with Crippen molar-refractivity contribution in [3.8, 4) is 0 Å². The van der Waals surface area contributed by atoms with Crippen molar-refractivity contribution < 1.29 is 14.7 Å². The first-order valence-corrected chi connectivity index (χ1v) is 7.27. The third-order valence-corrected chi connectivity index (χ3v) is 4.53. The summed E-state index contributed by atoms with van der Waals surface area (Å²) >= 11 is 0. The Hall–Kier alpha value is -1.32. The number of carbonyl (C=O) groups is 2. The zero-order valence-corrected chi connectivity index (χ0v) is 11.5. The number of allylic oxidation sites excluding steroid dienone is 2. The van der Waals surface area contributed by atoms with Crippen molar-refractivity contribution in [3.63, 3.8) is 0 Å². The first-order chi connectivity index (χ1) is 9.09. The van der Waals surface area contributed by atoms with Crippen LogP contribution in [0.2, 0.25) is 0 Å². The molecule has 1 fully saturated rings. The molecule has 1 amide bonds. The minimum atomic E-state index is -0.860. The van der Waals surface area contributed by atoms with Gasteiger partial charge >= 0.3 is 5.97 Å². The van der Waals surface area contributed by atoms with E-state index in [0.29, 0.717) is 18.8 Å². The zero-order chi connectivity index (χ0) is 13.8. The highest BCUT2D eigenvalue weighted by molar-refractivity contribution is 5.85. The van der Waals surface area contributed by atoms with Crippen molar-refractivity contribution in [2.75, 3.05) is 0 Å². The van der Waals surface area contributed by atoms with Crippen LogP contribution in [0.3, 0.4) is 0 Å². The maximum Gasteiger partial charge on any atom is 0.307 e. The Bertz CT molecular complexity index is 378. The number of hydrogen-bond acceptors (Lipinski definition) is 2. The molecule has 0 aromatic rings. The number of carbonyl (C=O) groups excluding carboxylic acids is 1. The highest BCUT2D eigenvalue weighted by atomic mass is 16.4. The average molecular weight is 265 g/mol. The van der Waals surface area contributed by atoms with Crippen molar-refractivity contribution in [1.82, 2.24) is 5.32 Å². The van der Waals surface area contributed by atoms with Crippen LogP contribution in [0, 0.1) is 17.8 Å². The van der Waals surface area contributed by atoms with E-state index in [1.807, 2.05) is 12.2 Å². The van der Waals surface area contributed by atoms with Gasteiger partial charge in [0.2, 0.25) is 5.91 Å². The lowest BCUT2D eigenvalue weighted by Gasteiger charge is -2.32. The summed E-state index contributed by atoms with van der Waals surface area (Å²) in [6.45, 7) is 2.17. The largest absolute Gasteiger partial charge is 0.481 e. The molecule has 0 aliphatic heterocycles. The Labute approximate surface area is 114 Å². The molecule has 106 valence electrons. The van der Waals surface area contributed by atoms with Gasteiger partial charge < -0.3 is 10.4 Å². The Kier molecular flexibility index (Phi) is 4.61. The highest BCUT2D eigenvalue weighted by Gasteiger charge is 2.35. The fourth-order valence-corrected chi connectivity index (χ4v) is 3.20. The van der Waals surface area contributed by atoms with Crippen LogP contribution < -0.4 is 5.32 Å². The molecule has 0 heterocycles. The van der Waals surface area contributed by atoms with Crippen LogP contribution in [0.15, 0.2) is 12.2 Å². The van der Waals surface area contributed by atoms with Crippen LogP contribution in [0.25, 0.3) is 0 Å². The average Bonchev–Trinajstić information content (AvgIpc) is 2.41. The predicted molar refractivity (Wildman–Crippen MR) is 72.6 cm³/mol. The van der Waals surface area contributed by atoms with Crippen molar-refractivity contribution in [3.05, 3.63) is 12.2 Å². The number of amides is 1. The van der Waals surface area contributed by atoms with E-state index >= 15 is 0 Å². The minimum Gasteiger partial charge on any atom is -0.481 e. The van der Waals surface area contributed by atoms with E-state index in [0.717, 1.165) is 19.3 Å². The number of carboxylic acid groups (broad SMARTS) is 1. The predicted octanol–water partition coefficient (Wildman–Crippen LogP) is 2.35. The molecule has 0 aromatic carbocycles. The molecule has 0 unspecified atom stereocenters. The third-order valence-electron chi connectivity index (χ3n) is 4.53. The second kappa shape index (κ2) is 6.22. The van der Waals surface area contributed by atoms with Gasteiger partial charge in [0.15, 0.2) is 0 Å². The standard InChI is InChI=1S/C15H23NO3/c1-10-6-2-5-9-13(10)16-14(17)11-7-3-4-8-12(11)15(18)19/h3-4,10-13H,2,5-9H2,1H3,(H,16,17)(H,18,19)/t10-,11+,12+,13+/m1/s1. The first kappa shape index (κ1) is 14.1. The maximum atomic E-state index is 12.3. The SMILES string of the molecule is C[C@@H]1CCCC[C@@H]1NC(=O)[C@H]1CC=CC[C@@H]1C(=O)O. The quantitative estimate of drug-likeness (QED) is 0.770. The van der Waals surface area contributed by atoms with Crippen LogP contribution in [0.1, 0.15) is 45.4 Å². The molecule has 2 rings (SSSR count). The molecule has 2 aliphatic rings. The summed E-state index contributed by atoms with van der Waals surface area (Å²) in [5.41, 5.74) is 0. The number of aliphatic carboxylic acids is 1. The molecule has 2 aliphatic carbocycles. The summed E-state index contributed by atoms with van der Waals surface area (Å²) in [7, 11) is 0. The van der Waals surface area contributed by atoms with Gasteiger partial charge in [0.05, 0.1) is 11.8 Å². The molecule has 0 bridgehead atoms. The van der Waals surface area contributed by atoms with Gasteiger partial charge in [-0.25, -0.2) is 0 Å². The van der Waals surface area contributed by atoms with Crippen molar-refractivity contribution in [1.29, 1.82) is 0 Å². The molecule has 4 atom stereocenters. The smallest absolute Gasteiger partial charge is 0.307 e. The van der Waals surface area contributed by atoms with Gasteiger partial charge in [-0.05, 0) is 31.6 Å². The topological polar surface area (TPSA) is 66.4 Å². The van der Waals surface area contributed by atoms with Crippen molar-refractivity contribution in [2.24, 2.45) is 17.8 Å². The Balaban J connectivity index is 1.97. The second-order valence-corrected chi connectivity index (χ2v) is 5.87. The summed E-state index contributed by atoms with van der Waals surface area (Å²) in [5.74, 6) is -1.41. The van der Waals surface area contributed by atoms with Crippen LogP contribution in [0.5, 0.6) is 0 Å². The van der Waals surface area contributed by atoms with Crippen LogP contribution in [-0.4, -0.2) is 23.0 Å². The van der Waals surface area contributed by atoms with Gasteiger partial charge in [-0.3, -0.25) is 9.59 Å². The highest BCUT2D eigenvalue weighted by Crippen LogP contribution is 2.28. The third kappa shape index (κ3) is 3.37. The summed E-state index contributed by atoms with van der Waals surface area (Å²) in [4.78, 5) is 23.5. The van der Waals surface area contributed by atoms with E-state index in [9.17, 15) is 14.7 Å². The minimum absolute atomic E-state index is 0.0736. The van der Waals surface area contributed by atoms with E-state index in [1.165, 1.54) is 6.42 Å². The van der Waals surface area contributed by atoms with Crippen LogP contribution >= 0.6 is 0 Å². The normalized spacial score (nSPS) is 34.8. The molecule has 0 saturated heterocycles. The second-order valence-electron chi connectivity index (χ2n) is 5.87. The Morgan fingerprint density at radius 1 is 1.11 bits per heavy atom. The van der Waals surface area contributed by atoms with E-state index in [-0.39, 0.29) is 11.9 Å². The molecule has 0 spiro atoms. The first-order valence-electron chi connectivity index (χ1n) is 7.27. The maximum absolute atomic E-state index is 12.3. The van der Waals surface area contributed by atoms with Crippen molar-refractivity contribution >= 4 is 11.9 Å². The number of hydrogen-bond donors (Lipinski definition) is 2. The molecule has 4 nitrogen and oxygen atoms in total. The van der Waals surface area contributed by atoms with Gasteiger partial charge in [-0.15, -0.1) is 0 Å². The molecule has 19 heavy (non-hydrogen) atoms. The van der Waals surface area contributed by atoms with Gasteiger partial charge in [0.1, 0.15) is 0 Å². The molecule has 4 heteroatoms. The van der Waals surface area contributed by atoms with E-state index < -0.39 is 17.8 Å². The van der Waals surface area contributed by atoms with Gasteiger partial charge in [0.25, 0.3) is 0 Å². The fraction of sp³-hybridized carbons (Fsp3) is 0.733. The lowest BCUT2D eigenvalue weighted by molar-refractivity contribution is -0.147. The molecular formula is C15H23NO3. The summed E-state index contributed by atoms with van der Waals surface area (Å²) in [6.07, 6.45) is 9.36. The van der Waals surface area contributed by atoms with Crippen molar-refractivity contribution in [2.45, 2.75) is 51.5 Å². The Morgan fingerprint density at radius 2 is 1.74 bits per heavy atom.